The number of aromatic nitrogens is 5. The normalized spacial score (nSPS) is 12.0. The summed E-state index contributed by atoms with van der Waals surface area (Å²) in [6.07, 6.45) is 0. The molecule has 65 heavy (non-hydrogen) atoms. The zero-order valence-electron chi connectivity index (χ0n) is 35.1. The summed E-state index contributed by atoms with van der Waals surface area (Å²) in [6.45, 7) is 0. The molecular weight excluding hydrogens is 791 g/mol. The predicted octanol–water partition coefficient (Wildman–Crippen LogP) is 15.4. The second kappa shape index (κ2) is 13.9. The van der Waals surface area contributed by atoms with Crippen molar-refractivity contribution in [3.05, 3.63) is 224 Å². The van der Waals surface area contributed by atoms with E-state index in [1.807, 2.05) is 0 Å². The maximum atomic E-state index is 5.49. The zero-order chi connectivity index (χ0) is 42.6. The van der Waals surface area contributed by atoms with E-state index in [1.165, 1.54) is 54.4 Å². The van der Waals surface area contributed by atoms with Gasteiger partial charge in [-0.15, -0.1) is 0 Å². The van der Waals surface area contributed by atoms with E-state index >= 15 is 0 Å². The average Bonchev–Trinajstić information content (AvgIpc) is 4.02. The Hall–Kier alpha value is -8.80. The van der Waals surface area contributed by atoms with Crippen LogP contribution >= 0.6 is 0 Å². The lowest BCUT2D eigenvalue weighted by atomic mass is 10.0. The third-order valence-corrected chi connectivity index (χ3v) is 13.4. The number of para-hydroxylation sites is 5. The SMILES string of the molecule is c1ccc(-n2c3ccccc3c3cc(-c4ccc5c6ccccc6n(-c6nc(-c7ccc(-n8c9ccccc9c9c%10ccccc%10ccc98)cc7)c7ccccc7n6)c5c4)ccc32)cc1. The molecule has 0 saturated carbocycles. The van der Waals surface area contributed by atoms with Crippen LogP contribution in [0.1, 0.15) is 0 Å². The van der Waals surface area contributed by atoms with Gasteiger partial charge in [-0.2, -0.15) is 0 Å². The summed E-state index contributed by atoms with van der Waals surface area (Å²) < 4.78 is 7.00. The van der Waals surface area contributed by atoms with E-state index in [2.05, 4.69) is 238 Å². The largest absolute Gasteiger partial charge is 0.309 e. The van der Waals surface area contributed by atoms with Crippen molar-refractivity contribution in [1.29, 1.82) is 0 Å². The second-order valence-corrected chi connectivity index (χ2v) is 17.0. The fraction of sp³-hybridized carbons (Fsp3) is 0. The van der Waals surface area contributed by atoms with Gasteiger partial charge in [0.25, 0.3) is 0 Å². The smallest absolute Gasteiger partial charge is 0.235 e. The first-order valence-electron chi connectivity index (χ1n) is 22.2. The third-order valence-electron chi connectivity index (χ3n) is 13.4. The lowest BCUT2D eigenvalue weighted by Gasteiger charge is -2.13. The van der Waals surface area contributed by atoms with E-state index in [9.17, 15) is 0 Å². The van der Waals surface area contributed by atoms with Crippen molar-refractivity contribution in [3.8, 4) is 39.7 Å². The second-order valence-electron chi connectivity index (χ2n) is 17.0. The molecule has 5 heteroatoms. The minimum absolute atomic E-state index is 0.641. The Morgan fingerprint density at radius 3 is 1.60 bits per heavy atom. The van der Waals surface area contributed by atoms with Gasteiger partial charge in [-0.3, -0.25) is 4.57 Å². The molecule has 0 amide bonds. The maximum absolute atomic E-state index is 5.49. The highest BCUT2D eigenvalue weighted by molar-refractivity contribution is 6.21. The molecule has 302 valence electrons. The van der Waals surface area contributed by atoms with Gasteiger partial charge < -0.3 is 9.13 Å². The van der Waals surface area contributed by atoms with Crippen LogP contribution in [0.4, 0.5) is 0 Å². The van der Waals surface area contributed by atoms with Gasteiger partial charge >= 0.3 is 0 Å². The molecule has 0 atom stereocenters. The molecule has 14 rings (SSSR count). The van der Waals surface area contributed by atoms with Crippen LogP contribution in [0.2, 0.25) is 0 Å². The monoisotopic (exact) mass is 827 g/mol. The molecule has 4 aromatic heterocycles. The van der Waals surface area contributed by atoms with Crippen LogP contribution in [0.15, 0.2) is 224 Å². The maximum Gasteiger partial charge on any atom is 0.235 e. The van der Waals surface area contributed by atoms with Gasteiger partial charge in [0.15, 0.2) is 0 Å². The number of hydrogen-bond donors (Lipinski definition) is 0. The Labute approximate surface area is 373 Å². The van der Waals surface area contributed by atoms with Crippen LogP contribution in [-0.4, -0.2) is 23.7 Å². The Morgan fingerprint density at radius 1 is 0.277 bits per heavy atom. The lowest BCUT2D eigenvalue weighted by molar-refractivity contribution is 1.01. The molecule has 0 aliphatic carbocycles. The number of benzene rings is 10. The van der Waals surface area contributed by atoms with Crippen LogP contribution in [0.3, 0.4) is 0 Å². The molecule has 5 nitrogen and oxygen atoms in total. The van der Waals surface area contributed by atoms with Crippen molar-refractivity contribution in [2.24, 2.45) is 0 Å². The van der Waals surface area contributed by atoms with Crippen molar-refractivity contribution in [1.82, 2.24) is 23.7 Å². The molecule has 14 aromatic rings. The molecular formula is C60H37N5. The minimum Gasteiger partial charge on any atom is -0.309 e. The van der Waals surface area contributed by atoms with Crippen molar-refractivity contribution >= 4 is 87.1 Å². The minimum atomic E-state index is 0.641. The quantitative estimate of drug-likeness (QED) is 0.173. The third kappa shape index (κ3) is 5.33. The molecule has 0 saturated heterocycles. The number of hydrogen-bond acceptors (Lipinski definition) is 2. The van der Waals surface area contributed by atoms with Gasteiger partial charge in [0.05, 0.1) is 44.3 Å². The summed E-state index contributed by atoms with van der Waals surface area (Å²) in [5, 5.41) is 10.8. The van der Waals surface area contributed by atoms with E-state index in [4.69, 9.17) is 9.97 Å². The van der Waals surface area contributed by atoms with Crippen LogP contribution in [0, 0.1) is 0 Å². The molecule has 10 aromatic carbocycles. The van der Waals surface area contributed by atoms with E-state index in [0.717, 1.165) is 66.5 Å². The van der Waals surface area contributed by atoms with Crippen LogP contribution in [0.5, 0.6) is 0 Å². The number of rotatable bonds is 5. The lowest BCUT2D eigenvalue weighted by Crippen LogP contribution is -2.03. The van der Waals surface area contributed by atoms with Gasteiger partial charge in [0.2, 0.25) is 5.95 Å². The average molecular weight is 828 g/mol. The van der Waals surface area contributed by atoms with E-state index < -0.39 is 0 Å². The van der Waals surface area contributed by atoms with Crippen molar-refractivity contribution in [2.75, 3.05) is 0 Å². The highest BCUT2D eigenvalue weighted by Gasteiger charge is 2.20. The standard InChI is InChI=1S/C60H37N5/c1-2-15-42(16-3-1)63-52-23-11-8-19-46(52)50-36-40(30-34-55(50)63)41-28-33-47-45-18-7-12-24-53(45)65(57(47)37-41)60-61-51-22-10-6-20-48(51)59(62-60)39-26-31-43(32-27-39)64-54-25-13-9-21-49(54)58-44-17-5-4-14-38(44)29-35-56(58)64/h1-37H. The number of nitrogens with zero attached hydrogens (tertiary/aromatic N) is 5. The Morgan fingerprint density at radius 2 is 0.800 bits per heavy atom. The molecule has 0 bridgehead atoms. The molecule has 0 radical (unpaired) electrons. The first-order chi connectivity index (χ1) is 32.2. The van der Waals surface area contributed by atoms with Crippen molar-refractivity contribution < 1.29 is 0 Å². The van der Waals surface area contributed by atoms with E-state index in [1.54, 1.807) is 0 Å². The molecule has 0 spiro atoms. The van der Waals surface area contributed by atoms with Gasteiger partial charge in [0, 0.05) is 54.6 Å². The van der Waals surface area contributed by atoms with E-state index in [-0.39, 0.29) is 0 Å². The van der Waals surface area contributed by atoms with Gasteiger partial charge in [0.1, 0.15) is 0 Å². The molecule has 0 N–H and O–H groups in total. The fourth-order valence-corrected chi connectivity index (χ4v) is 10.5. The van der Waals surface area contributed by atoms with Gasteiger partial charge in [-0.05, 0) is 94.7 Å². The zero-order valence-corrected chi connectivity index (χ0v) is 35.1. The Balaban J connectivity index is 0.931. The van der Waals surface area contributed by atoms with Crippen LogP contribution in [-0.2, 0) is 0 Å². The molecule has 0 fully saturated rings. The van der Waals surface area contributed by atoms with Crippen LogP contribution < -0.4 is 0 Å². The van der Waals surface area contributed by atoms with Crippen molar-refractivity contribution in [2.45, 2.75) is 0 Å². The van der Waals surface area contributed by atoms with E-state index in [0.29, 0.717) is 5.95 Å². The first-order valence-corrected chi connectivity index (χ1v) is 22.2. The Bertz CT molecular complexity index is 4230. The fourth-order valence-electron chi connectivity index (χ4n) is 10.5. The van der Waals surface area contributed by atoms with Crippen molar-refractivity contribution in [3.63, 3.8) is 0 Å². The topological polar surface area (TPSA) is 40.6 Å². The Kier molecular flexibility index (Phi) is 7.62. The number of fused-ring (bicyclic) bond motifs is 12. The predicted molar refractivity (Wildman–Crippen MR) is 271 cm³/mol. The molecule has 0 unspecified atom stereocenters. The summed E-state index contributed by atoms with van der Waals surface area (Å²) in [6, 6.07) is 80.8. The molecule has 0 aliphatic heterocycles. The molecule has 4 heterocycles. The highest BCUT2D eigenvalue weighted by atomic mass is 15.2. The first kappa shape index (κ1) is 35.8. The summed E-state index contributed by atoms with van der Waals surface area (Å²) in [7, 11) is 0. The summed E-state index contributed by atoms with van der Waals surface area (Å²) in [5.74, 6) is 0.641. The summed E-state index contributed by atoms with van der Waals surface area (Å²) in [5.41, 5.74) is 14.3. The summed E-state index contributed by atoms with van der Waals surface area (Å²) >= 11 is 0. The molecule has 0 aliphatic rings. The summed E-state index contributed by atoms with van der Waals surface area (Å²) in [4.78, 5) is 10.8. The van der Waals surface area contributed by atoms with Gasteiger partial charge in [-0.25, -0.2) is 9.97 Å². The van der Waals surface area contributed by atoms with Crippen LogP contribution in [0.25, 0.3) is 127 Å². The van der Waals surface area contributed by atoms with Gasteiger partial charge in [-0.1, -0.05) is 152 Å². The highest BCUT2D eigenvalue weighted by Crippen LogP contribution is 2.40.